The number of fused-ring (bicyclic) bond motifs is 1. The van der Waals surface area contributed by atoms with Gasteiger partial charge < -0.3 is 15.3 Å². The van der Waals surface area contributed by atoms with Crippen LogP contribution in [0.15, 0.2) is 72.9 Å². The molecule has 6 rings (SSSR count). The number of hydrogen-bond donors (Lipinski definition) is 2. The number of alkyl halides is 6. The van der Waals surface area contributed by atoms with Gasteiger partial charge in [0, 0.05) is 30.8 Å². The number of aliphatic hydroxyl groups is 1. The smallest absolute Gasteiger partial charge is 0.382 e. The molecule has 7 nitrogen and oxygen atoms in total. The van der Waals surface area contributed by atoms with Gasteiger partial charge in [-0.3, -0.25) is 4.79 Å². The van der Waals surface area contributed by atoms with E-state index < -0.39 is 47.8 Å². The zero-order valence-corrected chi connectivity index (χ0v) is 24.1. The van der Waals surface area contributed by atoms with Gasteiger partial charge in [-0.25, -0.2) is 9.67 Å². The van der Waals surface area contributed by atoms with E-state index in [0.717, 1.165) is 6.07 Å². The van der Waals surface area contributed by atoms with Crippen molar-refractivity contribution in [3.05, 3.63) is 106 Å². The van der Waals surface area contributed by atoms with E-state index in [4.69, 9.17) is 16.7 Å². The van der Waals surface area contributed by atoms with E-state index in [1.54, 1.807) is 41.3 Å². The predicted molar refractivity (Wildman–Crippen MR) is 154 cm³/mol. The van der Waals surface area contributed by atoms with Gasteiger partial charge >= 0.3 is 12.4 Å². The highest BCUT2D eigenvalue weighted by Gasteiger charge is 2.55. The Kier molecular flexibility index (Phi) is 8.02. The molecule has 0 aliphatic carbocycles. The lowest BCUT2D eigenvalue weighted by molar-refractivity contribution is -0.177. The van der Waals surface area contributed by atoms with Crippen molar-refractivity contribution in [2.45, 2.75) is 49.2 Å². The summed E-state index contributed by atoms with van der Waals surface area (Å²) < 4.78 is 84.5. The summed E-state index contributed by atoms with van der Waals surface area (Å²) in [6.45, 7) is 0.438. The molecule has 2 N–H and O–H groups in total. The molecule has 2 aromatic heterocycles. The van der Waals surface area contributed by atoms with Gasteiger partial charge in [0.15, 0.2) is 0 Å². The fourth-order valence-electron chi connectivity index (χ4n) is 6.16. The predicted octanol–water partition coefficient (Wildman–Crippen LogP) is 6.93. The van der Waals surface area contributed by atoms with Crippen LogP contribution in [0.25, 0.3) is 0 Å². The maximum absolute atomic E-state index is 14.6. The number of nitrogens with zero attached hydrogens (tertiary/aromatic N) is 4. The number of nitrogens with one attached hydrogen (secondary N) is 1. The van der Waals surface area contributed by atoms with Gasteiger partial charge in [0.05, 0.1) is 16.3 Å². The van der Waals surface area contributed by atoms with Crippen LogP contribution in [0, 0.1) is 0 Å². The first-order chi connectivity index (χ1) is 21.3. The summed E-state index contributed by atoms with van der Waals surface area (Å²) in [4.78, 5) is 18.4. The van der Waals surface area contributed by atoms with E-state index in [-0.39, 0.29) is 53.8 Å². The van der Waals surface area contributed by atoms with Crippen LogP contribution in [0.5, 0.6) is 0 Å². The highest BCUT2D eigenvalue weighted by Crippen LogP contribution is 2.49. The SMILES string of the molecule is O=C1Nc2c(c(C3CCN(c4ncc(C(F)(F)F)cc4Cl)CC3)nn2C(c2ccccc2)c2ccccc2)[C@@H](C(F)(F)F)[C@H]1O. The largest absolute Gasteiger partial charge is 0.417 e. The molecule has 2 aliphatic rings. The molecule has 2 aliphatic heterocycles. The maximum atomic E-state index is 14.6. The molecule has 0 radical (unpaired) electrons. The standard InChI is InChI=1S/C31H26ClF6N5O2/c32-21-15-20(30(33,34)35)16-39-27(21)42-13-11-17(12-14-42)24-22-23(31(36,37)38)26(44)29(45)40-28(22)43(41-24)25(18-7-3-1-4-8-18)19-9-5-2-6-10-19/h1-10,15-17,23,25-26,44H,11-14H2,(H,40,45)/t23-,26-/m1/s1. The molecule has 1 saturated heterocycles. The molecular formula is C31H26ClF6N5O2. The Morgan fingerprint density at radius 2 is 1.51 bits per heavy atom. The van der Waals surface area contributed by atoms with Crippen LogP contribution < -0.4 is 10.2 Å². The lowest BCUT2D eigenvalue weighted by Gasteiger charge is -2.35. The number of aromatic nitrogens is 3. The molecule has 0 saturated carbocycles. The van der Waals surface area contributed by atoms with Crippen molar-refractivity contribution in [2.24, 2.45) is 0 Å². The van der Waals surface area contributed by atoms with Gasteiger partial charge in [0.1, 0.15) is 29.7 Å². The number of pyridine rings is 1. The molecule has 2 aromatic carbocycles. The fraction of sp³-hybridized carbons (Fsp3) is 0.323. The van der Waals surface area contributed by atoms with E-state index in [2.05, 4.69) is 10.3 Å². The Bertz CT molecular complexity index is 1650. The van der Waals surface area contributed by atoms with E-state index in [1.807, 2.05) is 24.3 Å². The number of halogens is 7. The maximum Gasteiger partial charge on any atom is 0.417 e. The third-order valence-electron chi connectivity index (χ3n) is 8.27. The summed E-state index contributed by atoms with van der Waals surface area (Å²) in [5.41, 5.74) is 0.225. The molecular weight excluding hydrogens is 624 g/mol. The normalized spacial score (nSPS) is 19.5. The zero-order valence-electron chi connectivity index (χ0n) is 23.4. The molecule has 236 valence electrons. The average Bonchev–Trinajstić information content (AvgIpc) is 3.35. The summed E-state index contributed by atoms with van der Waals surface area (Å²) >= 11 is 6.16. The first-order valence-corrected chi connectivity index (χ1v) is 14.5. The zero-order chi connectivity index (χ0) is 32.1. The Morgan fingerprint density at radius 3 is 2.02 bits per heavy atom. The van der Waals surface area contributed by atoms with Crippen LogP contribution in [-0.2, 0) is 11.0 Å². The molecule has 2 atom stereocenters. The minimum Gasteiger partial charge on any atom is -0.382 e. The number of benzene rings is 2. The number of aliphatic hydroxyl groups excluding tert-OH is 1. The lowest BCUT2D eigenvalue weighted by Crippen LogP contribution is -2.45. The lowest BCUT2D eigenvalue weighted by atomic mass is 9.82. The Balaban J connectivity index is 1.42. The van der Waals surface area contributed by atoms with Crippen LogP contribution >= 0.6 is 11.6 Å². The van der Waals surface area contributed by atoms with Crippen molar-refractivity contribution in [3.63, 3.8) is 0 Å². The molecule has 4 heterocycles. The van der Waals surface area contributed by atoms with E-state index in [1.165, 1.54) is 4.68 Å². The first-order valence-electron chi connectivity index (χ1n) is 14.1. The van der Waals surface area contributed by atoms with Crippen LogP contribution in [0.3, 0.4) is 0 Å². The number of rotatable bonds is 5. The van der Waals surface area contributed by atoms with Crippen molar-refractivity contribution in [2.75, 3.05) is 23.3 Å². The first kappa shape index (κ1) is 30.9. The Hall–Kier alpha value is -4.10. The number of amides is 1. The number of carbonyl (C=O) groups is 1. The monoisotopic (exact) mass is 649 g/mol. The Morgan fingerprint density at radius 1 is 0.933 bits per heavy atom. The number of anilines is 2. The van der Waals surface area contributed by atoms with Gasteiger partial charge in [-0.15, -0.1) is 0 Å². The van der Waals surface area contributed by atoms with E-state index in [0.29, 0.717) is 17.3 Å². The van der Waals surface area contributed by atoms with Crippen molar-refractivity contribution < 1.29 is 36.2 Å². The van der Waals surface area contributed by atoms with E-state index in [9.17, 15) is 36.2 Å². The van der Waals surface area contributed by atoms with E-state index >= 15 is 0 Å². The third-order valence-corrected chi connectivity index (χ3v) is 8.55. The summed E-state index contributed by atoms with van der Waals surface area (Å²) in [6, 6.07) is 18.1. The molecule has 14 heteroatoms. The van der Waals surface area contributed by atoms with Crippen LogP contribution in [0.1, 0.15) is 58.7 Å². The summed E-state index contributed by atoms with van der Waals surface area (Å²) in [7, 11) is 0. The molecule has 45 heavy (non-hydrogen) atoms. The molecule has 0 bridgehead atoms. The number of carbonyl (C=O) groups excluding carboxylic acids is 1. The van der Waals surface area contributed by atoms with Crippen LogP contribution in [0.4, 0.5) is 38.0 Å². The third kappa shape index (κ3) is 5.86. The van der Waals surface area contributed by atoms with Crippen molar-refractivity contribution >= 4 is 29.1 Å². The molecule has 1 amide bonds. The van der Waals surface area contributed by atoms with Gasteiger partial charge in [-0.1, -0.05) is 72.3 Å². The summed E-state index contributed by atoms with van der Waals surface area (Å²) in [5, 5.41) is 17.6. The highest BCUT2D eigenvalue weighted by atomic mass is 35.5. The minimum atomic E-state index is -4.97. The van der Waals surface area contributed by atoms with Gasteiger partial charge in [-0.2, -0.15) is 31.4 Å². The van der Waals surface area contributed by atoms with Crippen LogP contribution in [0.2, 0.25) is 5.02 Å². The van der Waals surface area contributed by atoms with Gasteiger partial charge in [0.2, 0.25) is 0 Å². The average molecular weight is 650 g/mol. The second-order valence-electron chi connectivity index (χ2n) is 11.1. The molecule has 0 unspecified atom stereocenters. The fourth-order valence-corrected chi connectivity index (χ4v) is 6.44. The second kappa shape index (κ2) is 11.7. The van der Waals surface area contributed by atoms with Crippen LogP contribution in [-0.4, -0.2) is 51.1 Å². The van der Waals surface area contributed by atoms with Crippen molar-refractivity contribution in [3.8, 4) is 0 Å². The number of hydrogen-bond acceptors (Lipinski definition) is 5. The highest BCUT2D eigenvalue weighted by molar-refractivity contribution is 6.33. The second-order valence-corrected chi connectivity index (χ2v) is 11.5. The summed E-state index contributed by atoms with van der Waals surface area (Å²) in [5.74, 6) is -4.24. The van der Waals surface area contributed by atoms with Crippen molar-refractivity contribution in [1.82, 2.24) is 14.8 Å². The molecule has 4 aromatic rings. The van der Waals surface area contributed by atoms with Gasteiger partial charge in [0.25, 0.3) is 5.91 Å². The topological polar surface area (TPSA) is 83.3 Å². The summed E-state index contributed by atoms with van der Waals surface area (Å²) in [6.07, 6.45) is -10.8. The molecule has 0 spiro atoms. The molecule has 1 fully saturated rings. The quantitative estimate of drug-likeness (QED) is 0.229. The number of piperidine rings is 1. The minimum absolute atomic E-state index is 0.0920. The van der Waals surface area contributed by atoms with Gasteiger partial charge in [-0.05, 0) is 30.0 Å². The Labute approximate surface area is 258 Å². The van der Waals surface area contributed by atoms with Crippen molar-refractivity contribution in [1.29, 1.82) is 0 Å².